The molecular weight excluding hydrogens is 236 g/mol. The van der Waals surface area contributed by atoms with Crippen LogP contribution in [-0.4, -0.2) is 22.3 Å². The van der Waals surface area contributed by atoms with Crippen LogP contribution in [0.15, 0.2) is 42.6 Å². The highest BCUT2D eigenvalue weighted by atomic mass is 16.2. The van der Waals surface area contributed by atoms with Crippen molar-refractivity contribution in [1.29, 1.82) is 0 Å². The van der Waals surface area contributed by atoms with Crippen LogP contribution in [0.25, 0.3) is 0 Å². The molecule has 0 spiro atoms. The fraction of sp³-hybridized carbons (Fsp3) is 0.312. The number of carbonyl (C=O) groups is 1. The third-order valence-corrected chi connectivity index (χ3v) is 3.75. The first-order valence-electron chi connectivity index (χ1n) is 6.80. The average Bonchev–Trinajstić information content (AvgIpc) is 2.93. The van der Waals surface area contributed by atoms with E-state index in [0.29, 0.717) is 6.42 Å². The van der Waals surface area contributed by atoms with Gasteiger partial charge in [0.2, 0.25) is 5.91 Å². The molecule has 0 radical (unpaired) electrons. The summed E-state index contributed by atoms with van der Waals surface area (Å²) in [5.41, 5.74) is 3.78. The van der Waals surface area contributed by atoms with E-state index < -0.39 is 0 Å². The van der Waals surface area contributed by atoms with Crippen molar-refractivity contribution in [3.63, 3.8) is 0 Å². The number of H-pyrrole nitrogens is 1. The molecule has 0 bridgehead atoms. The maximum Gasteiger partial charge on any atom is 0.223 e. The van der Waals surface area contributed by atoms with E-state index in [9.17, 15) is 4.79 Å². The lowest BCUT2D eigenvalue weighted by Crippen LogP contribution is -2.35. The molecule has 98 valence electrons. The number of amides is 1. The largest absolute Gasteiger partial charge is 0.365 e. The Kier molecular flexibility index (Phi) is 3.36. The van der Waals surface area contributed by atoms with E-state index in [4.69, 9.17) is 0 Å². The summed E-state index contributed by atoms with van der Waals surface area (Å²) >= 11 is 0. The minimum atomic E-state index is 0.260. The van der Waals surface area contributed by atoms with Crippen LogP contribution in [-0.2, 0) is 24.2 Å². The monoisotopic (exact) mass is 254 g/mol. The summed E-state index contributed by atoms with van der Waals surface area (Å²) < 4.78 is 0. The average molecular weight is 254 g/mol. The lowest BCUT2D eigenvalue weighted by atomic mass is 10.1. The number of aromatic amines is 1. The number of hydrogen-bond donors (Lipinski definition) is 1. The van der Waals surface area contributed by atoms with Gasteiger partial charge in [0.05, 0.1) is 0 Å². The maximum atomic E-state index is 12.2. The van der Waals surface area contributed by atoms with E-state index in [1.54, 1.807) is 0 Å². The predicted octanol–water partition coefficient (Wildman–Crippen LogP) is 2.53. The fourth-order valence-electron chi connectivity index (χ4n) is 2.62. The molecule has 2 aromatic rings. The van der Waals surface area contributed by atoms with Gasteiger partial charge in [0, 0.05) is 37.8 Å². The van der Waals surface area contributed by atoms with E-state index in [1.807, 2.05) is 29.3 Å². The highest BCUT2D eigenvalue weighted by molar-refractivity contribution is 5.76. The molecule has 0 aliphatic carbocycles. The summed E-state index contributed by atoms with van der Waals surface area (Å²) in [4.78, 5) is 17.4. The molecule has 3 heteroatoms. The molecule has 1 N–H and O–H groups in total. The van der Waals surface area contributed by atoms with Gasteiger partial charge in [-0.3, -0.25) is 4.79 Å². The molecule has 1 aliphatic heterocycles. The number of nitrogens with one attached hydrogen (secondary N) is 1. The minimum Gasteiger partial charge on any atom is -0.365 e. The van der Waals surface area contributed by atoms with Crippen molar-refractivity contribution < 1.29 is 4.79 Å². The molecule has 3 nitrogen and oxygen atoms in total. The maximum absolute atomic E-state index is 12.2. The third-order valence-electron chi connectivity index (χ3n) is 3.75. The van der Waals surface area contributed by atoms with Crippen molar-refractivity contribution in [2.45, 2.75) is 25.8 Å². The summed E-state index contributed by atoms with van der Waals surface area (Å²) in [6.45, 7) is 1.59. The minimum absolute atomic E-state index is 0.260. The zero-order chi connectivity index (χ0) is 13.1. The van der Waals surface area contributed by atoms with Crippen molar-refractivity contribution in [1.82, 2.24) is 9.88 Å². The fourth-order valence-corrected chi connectivity index (χ4v) is 2.62. The number of carbonyl (C=O) groups excluding carboxylic acids is 1. The van der Waals surface area contributed by atoms with Crippen LogP contribution < -0.4 is 0 Å². The highest BCUT2D eigenvalue weighted by Crippen LogP contribution is 2.18. The van der Waals surface area contributed by atoms with Crippen LogP contribution >= 0.6 is 0 Å². The number of fused-ring (bicyclic) bond motifs is 1. The molecule has 0 atom stereocenters. The molecule has 0 fully saturated rings. The Morgan fingerprint density at radius 3 is 2.89 bits per heavy atom. The van der Waals surface area contributed by atoms with Crippen LogP contribution in [0, 0.1) is 0 Å². The van der Waals surface area contributed by atoms with Crippen molar-refractivity contribution in [2.24, 2.45) is 0 Å². The van der Waals surface area contributed by atoms with Crippen LogP contribution in [0.5, 0.6) is 0 Å². The molecule has 1 aromatic carbocycles. The summed E-state index contributed by atoms with van der Waals surface area (Å²) in [6, 6.07) is 12.3. The molecule has 1 aliphatic rings. The summed E-state index contributed by atoms with van der Waals surface area (Å²) in [5.74, 6) is 0.260. The quantitative estimate of drug-likeness (QED) is 0.897. The molecule has 0 saturated carbocycles. The van der Waals surface area contributed by atoms with E-state index in [0.717, 1.165) is 25.9 Å². The van der Waals surface area contributed by atoms with Crippen molar-refractivity contribution in [3.05, 3.63) is 59.4 Å². The topological polar surface area (TPSA) is 36.1 Å². The molecule has 1 aromatic heterocycles. The van der Waals surface area contributed by atoms with Gasteiger partial charge >= 0.3 is 0 Å². The van der Waals surface area contributed by atoms with E-state index in [-0.39, 0.29) is 5.91 Å². The number of hydrogen-bond acceptors (Lipinski definition) is 1. The Balaban J connectivity index is 1.57. The molecule has 3 rings (SSSR count). The van der Waals surface area contributed by atoms with Gasteiger partial charge in [0.15, 0.2) is 0 Å². The summed E-state index contributed by atoms with van der Waals surface area (Å²) in [6.07, 6.45) is 4.34. The van der Waals surface area contributed by atoms with Gasteiger partial charge in [-0.15, -0.1) is 0 Å². The van der Waals surface area contributed by atoms with Gasteiger partial charge in [-0.1, -0.05) is 30.3 Å². The van der Waals surface area contributed by atoms with Crippen LogP contribution in [0.1, 0.15) is 23.2 Å². The lowest BCUT2D eigenvalue weighted by Gasteiger charge is -2.27. The zero-order valence-electron chi connectivity index (χ0n) is 10.9. The van der Waals surface area contributed by atoms with Gasteiger partial charge in [-0.2, -0.15) is 0 Å². The Hall–Kier alpha value is -2.03. The number of aromatic nitrogens is 1. The second kappa shape index (κ2) is 5.31. The molecule has 1 amide bonds. The Morgan fingerprint density at radius 2 is 2.05 bits per heavy atom. The van der Waals surface area contributed by atoms with Crippen LogP contribution in [0.3, 0.4) is 0 Å². The van der Waals surface area contributed by atoms with Crippen molar-refractivity contribution >= 4 is 5.91 Å². The van der Waals surface area contributed by atoms with Crippen molar-refractivity contribution in [2.75, 3.05) is 6.54 Å². The first-order chi connectivity index (χ1) is 9.33. The first kappa shape index (κ1) is 12.0. The van der Waals surface area contributed by atoms with Gasteiger partial charge in [-0.05, 0) is 23.6 Å². The van der Waals surface area contributed by atoms with Crippen LogP contribution in [0.2, 0.25) is 0 Å². The number of benzene rings is 1. The molecule has 2 heterocycles. The van der Waals surface area contributed by atoms with Gasteiger partial charge in [-0.25, -0.2) is 0 Å². The normalized spacial score (nSPS) is 14.2. The van der Waals surface area contributed by atoms with Crippen LogP contribution in [0.4, 0.5) is 0 Å². The smallest absolute Gasteiger partial charge is 0.223 e. The SMILES string of the molecule is O=C(CCc1ccccc1)N1CCc2[nH]ccc2C1. The molecular formula is C16H18N2O. The Morgan fingerprint density at radius 1 is 1.21 bits per heavy atom. The summed E-state index contributed by atoms with van der Waals surface area (Å²) in [5, 5.41) is 0. The van der Waals surface area contributed by atoms with Gasteiger partial charge in [0.1, 0.15) is 0 Å². The van der Waals surface area contributed by atoms with Crippen molar-refractivity contribution in [3.8, 4) is 0 Å². The highest BCUT2D eigenvalue weighted by Gasteiger charge is 2.20. The standard InChI is InChI=1S/C16H18N2O/c19-16(7-6-13-4-2-1-3-5-13)18-11-9-15-14(12-18)8-10-17-15/h1-5,8,10,17H,6-7,9,11-12H2. The predicted molar refractivity (Wildman–Crippen MR) is 74.7 cm³/mol. The van der Waals surface area contributed by atoms with Gasteiger partial charge < -0.3 is 9.88 Å². The lowest BCUT2D eigenvalue weighted by molar-refractivity contribution is -0.132. The molecule has 19 heavy (non-hydrogen) atoms. The van der Waals surface area contributed by atoms with E-state index in [1.165, 1.54) is 16.8 Å². The zero-order valence-corrected chi connectivity index (χ0v) is 10.9. The third kappa shape index (κ3) is 2.70. The number of aryl methyl sites for hydroxylation is 1. The second-order valence-corrected chi connectivity index (χ2v) is 5.03. The first-order valence-corrected chi connectivity index (χ1v) is 6.80. The number of rotatable bonds is 3. The Labute approximate surface area is 113 Å². The Bertz CT molecular complexity index is 559. The second-order valence-electron chi connectivity index (χ2n) is 5.03. The molecule has 0 saturated heterocycles. The summed E-state index contributed by atoms with van der Waals surface area (Å²) in [7, 11) is 0. The van der Waals surface area contributed by atoms with E-state index >= 15 is 0 Å². The van der Waals surface area contributed by atoms with Gasteiger partial charge in [0.25, 0.3) is 0 Å². The molecule has 0 unspecified atom stereocenters. The van der Waals surface area contributed by atoms with E-state index in [2.05, 4.69) is 23.2 Å². The number of nitrogens with zero attached hydrogens (tertiary/aromatic N) is 1.